The van der Waals surface area contributed by atoms with Crippen LogP contribution in [0, 0.1) is 0 Å². The van der Waals surface area contributed by atoms with Crippen molar-refractivity contribution in [2.24, 2.45) is 0 Å². The van der Waals surface area contributed by atoms with E-state index in [-0.39, 0.29) is 47.9 Å². The molecule has 3 aliphatic rings. The van der Waals surface area contributed by atoms with Crippen LogP contribution in [0.15, 0.2) is 53.4 Å². The minimum Gasteiger partial charge on any atom is -0.336 e. The molecule has 42 heavy (non-hydrogen) atoms. The van der Waals surface area contributed by atoms with Gasteiger partial charge < -0.3 is 9.80 Å². The first-order chi connectivity index (χ1) is 19.4. The number of halogens is 8. The maximum Gasteiger partial charge on any atom is 0.435 e. The van der Waals surface area contributed by atoms with Gasteiger partial charge in [-0.3, -0.25) is 9.59 Å². The highest BCUT2D eigenvalue weighted by molar-refractivity contribution is 7.92. The van der Waals surface area contributed by atoms with Gasteiger partial charge in [-0.2, -0.15) is 26.3 Å². The first-order valence-corrected chi connectivity index (χ1v) is 14.3. The number of carbonyl (C=O) groups is 2. The summed E-state index contributed by atoms with van der Waals surface area (Å²) in [4.78, 5) is 27.6. The average Bonchev–Trinajstić information content (AvgIpc) is 3.45. The molecule has 0 unspecified atom stereocenters. The first kappa shape index (κ1) is 30.2. The Balaban J connectivity index is 1.67. The van der Waals surface area contributed by atoms with Crippen molar-refractivity contribution in [2.45, 2.75) is 71.6 Å². The number of nitrogens with zero attached hydrogens (tertiary/aromatic N) is 2. The number of fused-ring (bicyclic) bond motifs is 3. The molecule has 15 heteroatoms. The van der Waals surface area contributed by atoms with Crippen molar-refractivity contribution >= 4 is 21.7 Å². The summed E-state index contributed by atoms with van der Waals surface area (Å²) in [5, 5.41) is 0. The van der Waals surface area contributed by atoms with Crippen molar-refractivity contribution in [1.82, 2.24) is 9.80 Å². The molecule has 4 atom stereocenters. The molecule has 228 valence electrons. The van der Waals surface area contributed by atoms with Crippen molar-refractivity contribution in [3.63, 3.8) is 0 Å². The van der Waals surface area contributed by atoms with E-state index in [0.717, 1.165) is 11.0 Å². The van der Waals surface area contributed by atoms with Crippen LogP contribution in [0.2, 0.25) is 0 Å². The second-order valence-corrected chi connectivity index (χ2v) is 12.9. The predicted molar refractivity (Wildman–Crippen MR) is 131 cm³/mol. The number of likely N-dealkylation sites (N-methyl/N-ethyl adjacent to an activating group) is 1. The molecule has 0 aromatic heterocycles. The van der Waals surface area contributed by atoms with E-state index in [2.05, 4.69) is 0 Å². The predicted octanol–water partition coefficient (Wildman–Crippen LogP) is 4.76. The normalized spacial score (nSPS) is 26.8. The third kappa shape index (κ3) is 4.05. The Labute approximate surface area is 235 Å². The lowest BCUT2D eigenvalue weighted by molar-refractivity contribution is -0.348. The zero-order valence-corrected chi connectivity index (χ0v) is 22.7. The van der Waals surface area contributed by atoms with E-state index in [1.54, 1.807) is 0 Å². The van der Waals surface area contributed by atoms with Crippen molar-refractivity contribution in [3.05, 3.63) is 65.2 Å². The zero-order valence-electron chi connectivity index (χ0n) is 21.8. The third-order valence-electron chi connectivity index (χ3n) is 8.68. The molecule has 2 aromatic rings. The summed E-state index contributed by atoms with van der Waals surface area (Å²) in [5.74, 6) is -1.64. The second-order valence-electron chi connectivity index (χ2n) is 10.7. The molecule has 0 saturated carbocycles. The van der Waals surface area contributed by atoms with Crippen molar-refractivity contribution in [1.29, 1.82) is 0 Å². The minimum absolute atomic E-state index is 0.146. The Hall–Kier alpha value is -3.23. The van der Waals surface area contributed by atoms with Crippen LogP contribution in [0.3, 0.4) is 0 Å². The van der Waals surface area contributed by atoms with E-state index in [1.807, 2.05) is 0 Å². The van der Waals surface area contributed by atoms with Crippen LogP contribution in [-0.4, -0.2) is 74.2 Å². The van der Waals surface area contributed by atoms with Gasteiger partial charge in [-0.15, -0.1) is 0 Å². The van der Waals surface area contributed by atoms with Gasteiger partial charge in [-0.25, -0.2) is 17.2 Å². The van der Waals surface area contributed by atoms with E-state index in [0.29, 0.717) is 6.07 Å². The smallest absolute Gasteiger partial charge is 0.336 e. The molecule has 2 heterocycles. The number of carbonyl (C=O) groups excluding carboxylic acids is 2. The van der Waals surface area contributed by atoms with E-state index in [9.17, 15) is 53.1 Å². The minimum atomic E-state index is -6.36. The van der Waals surface area contributed by atoms with Gasteiger partial charge >= 0.3 is 18.0 Å². The van der Waals surface area contributed by atoms with Gasteiger partial charge in [0.1, 0.15) is 10.8 Å². The summed E-state index contributed by atoms with van der Waals surface area (Å²) < 4.78 is 137. The van der Waals surface area contributed by atoms with Crippen LogP contribution in [0.4, 0.5) is 35.1 Å². The number of hydrogen-bond acceptors (Lipinski definition) is 4. The van der Waals surface area contributed by atoms with Crippen LogP contribution in [-0.2, 0) is 36.3 Å². The fourth-order valence-corrected chi connectivity index (χ4v) is 8.98. The molecule has 2 amide bonds. The quantitative estimate of drug-likeness (QED) is 0.460. The van der Waals surface area contributed by atoms with Crippen LogP contribution in [0.25, 0.3) is 0 Å². The highest BCUT2D eigenvalue weighted by Crippen LogP contribution is 2.56. The fourth-order valence-electron chi connectivity index (χ4n) is 6.59. The molecule has 5 rings (SSSR count). The molecule has 2 saturated heterocycles. The van der Waals surface area contributed by atoms with E-state index >= 15 is 0 Å². The molecule has 2 aliphatic heterocycles. The summed E-state index contributed by atoms with van der Waals surface area (Å²) in [5.41, 5.74) is -7.83. The van der Waals surface area contributed by atoms with E-state index in [4.69, 9.17) is 0 Å². The number of aryl methyl sites for hydroxylation is 1. The Morgan fingerprint density at radius 3 is 2.14 bits per heavy atom. The van der Waals surface area contributed by atoms with Crippen LogP contribution in [0.1, 0.15) is 36.0 Å². The number of amides is 2. The number of benzene rings is 2. The van der Waals surface area contributed by atoms with Gasteiger partial charge in [-0.05, 0) is 42.5 Å². The molecular weight excluding hydrogens is 600 g/mol. The SMILES string of the molecule is CN1C(=O)[C@@H](F)C[C@H]1C(=O)N1CC[C@@]2(S(=O)(=O)c3ccccc3)c3ccc(C(F)(C(F)(F)F)C(F)(F)F)cc3CC[C@@H]12. The summed E-state index contributed by atoms with van der Waals surface area (Å²) in [6.45, 7) is -0.204. The van der Waals surface area contributed by atoms with Gasteiger partial charge in [0, 0.05) is 25.6 Å². The highest BCUT2D eigenvalue weighted by atomic mass is 32.2. The largest absolute Gasteiger partial charge is 0.435 e. The van der Waals surface area contributed by atoms with Crippen LogP contribution >= 0.6 is 0 Å². The molecule has 1 aliphatic carbocycles. The van der Waals surface area contributed by atoms with Gasteiger partial charge in [-0.1, -0.05) is 36.4 Å². The topological polar surface area (TPSA) is 74.8 Å². The Kier molecular flexibility index (Phi) is 6.94. The first-order valence-electron chi connectivity index (χ1n) is 12.9. The van der Waals surface area contributed by atoms with E-state index < -0.39 is 74.7 Å². The lowest BCUT2D eigenvalue weighted by Crippen LogP contribution is -2.55. The Morgan fingerprint density at radius 1 is 0.976 bits per heavy atom. The lowest BCUT2D eigenvalue weighted by atomic mass is 9.76. The Morgan fingerprint density at radius 2 is 1.60 bits per heavy atom. The molecule has 0 radical (unpaired) electrons. The van der Waals surface area contributed by atoms with Crippen molar-refractivity contribution in [3.8, 4) is 0 Å². The van der Waals surface area contributed by atoms with Crippen LogP contribution in [0.5, 0.6) is 0 Å². The zero-order chi connectivity index (χ0) is 31.0. The maximum absolute atomic E-state index is 14.9. The summed E-state index contributed by atoms with van der Waals surface area (Å²) >= 11 is 0. The van der Waals surface area contributed by atoms with Gasteiger partial charge in [0.25, 0.3) is 5.91 Å². The summed E-state index contributed by atoms with van der Waals surface area (Å²) in [7, 11) is -3.26. The number of alkyl halides is 8. The molecule has 2 fully saturated rings. The fraction of sp³-hybridized carbons (Fsp3) is 0.481. The van der Waals surface area contributed by atoms with Crippen molar-refractivity contribution < 1.29 is 53.1 Å². The number of sulfone groups is 1. The number of rotatable bonds is 4. The molecular formula is C27H24F8N2O4S. The number of hydrogen-bond donors (Lipinski definition) is 0. The van der Waals surface area contributed by atoms with Gasteiger partial charge in [0.05, 0.1) is 10.9 Å². The summed E-state index contributed by atoms with van der Waals surface area (Å²) in [6, 6.07) is 5.99. The molecule has 0 spiro atoms. The number of likely N-dealkylation sites (tertiary alicyclic amines) is 2. The monoisotopic (exact) mass is 624 g/mol. The third-order valence-corrected chi connectivity index (χ3v) is 11.2. The molecule has 2 aromatic carbocycles. The van der Waals surface area contributed by atoms with Crippen molar-refractivity contribution in [2.75, 3.05) is 13.6 Å². The van der Waals surface area contributed by atoms with Gasteiger partial charge in [0.15, 0.2) is 16.0 Å². The summed E-state index contributed by atoms with van der Waals surface area (Å²) in [6.07, 6.45) is -15.9. The average molecular weight is 625 g/mol. The molecule has 0 bridgehead atoms. The molecule has 0 N–H and O–H groups in total. The van der Waals surface area contributed by atoms with Crippen LogP contribution < -0.4 is 0 Å². The maximum atomic E-state index is 14.9. The standard InChI is InChI=1S/C27H24F8N2O4S/c1-36-20(14-19(28)22(36)38)23(39)37-12-11-24(42(40,41)17-5-3-2-4-6-17)18-9-8-16(13-15(18)7-10-21(24)37)25(29,26(30,31)32)27(33,34)35/h2-6,8-9,13,19-21H,7,10-12,14H2,1H3/t19-,20-,21+,24+/m0/s1. The molecule has 6 nitrogen and oxygen atoms in total. The Bertz CT molecular complexity index is 1510. The highest BCUT2D eigenvalue weighted by Gasteiger charge is 2.74. The van der Waals surface area contributed by atoms with Gasteiger partial charge in [0.2, 0.25) is 5.91 Å². The lowest BCUT2D eigenvalue weighted by Gasteiger charge is -2.43. The van der Waals surface area contributed by atoms with E-state index in [1.165, 1.54) is 42.3 Å². The second kappa shape index (κ2) is 9.64.